The van der Waals surface area contributed by atoms with Crippen LogP contribution < -0.4 is 5.32 Å². The monoisotopic (exact) mass is 255 g/mol. The van der Waals surface area contributed by atoms with Crippen molar-refractivity contribution in [1.29, 1.82) is 0 Å². The minimum atomic E-state index is -0.479. The molecule has 18 heavy (non-hydrogen) atoms. The Bertz CT molecular complexity index is 303. The Labute approximate surface area is 109 Å². The second kappa shape index (κ2) is 6.21. The summed E-state index contributed by atoms with van der Waals surface area (Å²) in [6.07, 6.45) is 4.00. The number of ether oxygens (including phenoxy) is 1. The Kier molecular flexibility index (Phi) is 5.17. The first-order valence-corrected chi connectivity index (χ1v) is 6.77. The van der Waals surface area contributed by atoms with Crippen molar-refractivity contribution < 1.29 is 14.3 Å². The minimum Gasteiger partial charge on any atom is -0.460 e. The number of rotatable bonds is 6. The molecule has 4 nitrogen and oxygen atoms in total. The van der Waals surface area contributed by atoms with Crippen molar-refractivity contribution in [3.8, 4) is 0 Å². The van der Waals surface area contributed by atoms with Crippen molar-refractivity contribution in [3.63, 3.8) is 0 Å². The van der Waals surface area contributed by atoms with E-state index in [1.165, 1.54) is 12.8 Å². The summed E-state index contributed by atoms with van der Waals surface area (Å²) in [6, 6.07) is 0.212. The zero-order chi connectivity index (χ0) is 13.8. The van der Waals surface area contributed by atoms with E-state index < -0.39 is 5.60 Å². The predicted octanol–water partition coefficient (Wildman–Crippen LogP) is 2.41. The molecule has 0 aromatic heterocycles. The first kappa shape index (κ1) is 15.0. The Morgan fingerprint density at radius 2 is 1.89 bits per heavy atom. The van der Waals surface area contributed by atoms with Gasteiger partial charge in [-0.1, -0.05) is 12.8 Å². The van der Waals surface area contributed by atoms with E-state index in [0.717, 1.165) is 12.3 Å². The van der Waals surface area contributed by atoms with Crippen LogP contribution in [-0.4, -0.2) is 23.5 Å². The van der Waals surface area contributed by atoms with Gasteiger partial charge in [-0.25, -0.2) is 0 Å². The Morgan fingerprint density at radius 3 is 2.39 bits per heavy atom. The van der Waals surface area contributed by atoms with Gasteiger partial charge in [-0.3, -0.25) is 9.59 Å². The fourth-order valence-corrected chi connectivity index (χ4v) is 1.87. The Morgan fingerprint density at radius 1 is 1.28 bits per heavy atom. The minimum absolute atomic E-state index is 0.0611. The molecule has 0 heterocycles. The molecule has 1 unspecified atom stereocenters. The second-order valence-corrected chi connectivity index (χ2v) is 6.23. The number of carbonyl (C=O) groups is 2. The summed E-state index contributed by atoms with van der Waals surface area (Å²) in [5, 5.41) is 2.92. The SMILES string of the molecule is CC(CC1CC1)NC(=O)CCC(=O)OC(C)(C)C. The normalized spacial score (nSPS) is 17.1. The van der Waals surface area contributed by atoms with Crippen molar-refractivity contribution >= 4 is 11.9 Å². The molecule has 0 radical (unpaired) electrons. The van der Waals surface area contributed by atoms with Gasteiger partial charge in [-0.15, -0.1) is 0 Å². The maximum Gasteiger partial charge on any atom is 0.306 e. The van der Waals surface area contributed by atoms with Crippen LogP contribution in [0.1, 0.15) is 59.8 Å². The first-order chi connectivity index (χ1) is 8.26. The molecule has 1 amide bonds. The maximum atomic E-state index is 11.6. The first-order valence-electron chi connectivity index (χ1n) is 6.77. The van der Waals surface area contributed by atoms with Crippen molar-refractivity contribution in [2.45, 2.75) is 71.4 Å². The number of nitrogens with one attached hydrogen (secondary N) is 1. The topological polar surface area (TPSA) is 55.4 Å². The Hall–Kier alpha value is -1.06. The summed E-state index contributed by atoms with van der Waals surface area (Å²) in [7, 11) is 0. The zero-order valence-corrected chi connectivity index (χ0v) is 11.9. The molecule has 0 saturated heterocycles. The molecule has 1 aliphatic rings. The van der Waals surface area contributed by atoms with Gasteiger partial charge >= 0.3 is 5.97 Å². The lowest BCUT2D eigenvalue weighted by Gasteiger charge is -2.19. The number of esters is 1. The van der Waals surface area contributed by atoms with Gasteiger partial charge in [0.2, 0.25) is 5.91 Å². The van der Waals surface area contributed by atoms with E-state index in [4.69, 9.17) is 4.74 Å². The lowest BCUT2D eigenvalue weighted by atomic mass is 10.1. The molecule has 104 valence electrons. The molecular formula is C14H25NO3. The molecule has 0 aromatic carbocycles. The highest BCUT2D eigenvalue weighted by molar-refractivity contribution is 5.81. The van der Waals surface area contributed by atoms with Crippen LogP contribution in [0.25, 0.3) is 0 Å². The molecule has 4 heteroatoms. The zero-order valence-electron chi connectivity index (χ0n) is 11.9. The molecule has 0 aromatic rings. The van der Waals surface area contributed by atoms with Crippen LogP contribution >= 0.6 is 0 Å². The van der Waals surface area contributed by atoms with Crippen LogP contribution in [0.4, 0.5) is 0 Å². The third-order valence-corrected chi connectivity index (χ3v) is 2.77. The third-order valence-electron chi connectivity index (χ3n) is 2.77. The van der Waals surface area contributed by atoms with Crippen LogP contribution in [0.15, 0.2) is 0 Å². The number of amides is 1. The highest BCUT2D eigenvalue weighted by Crippen LogP contribution is 2.33. The number of hydrogen-bond donors (Lipinski definition) is 1. The summed E-state index contributed by atoms with van der Waals surface area (Å²) in [5.41, 5.74) is -0.479. The summed E-state index contributed by atoms with van der Waals surface area (Å²) in [4.78, 5) is 23.0. The van der Waals surface area contributed by atoms with E-state index in [9.17, 15) is 9.59 Å². The molecular weight excluding hydrogens is 230 g/mol. The van der Waals surface area contributed by atoms with Gasteiger partial charge in [0.15, 0.2) is 0 Å². The van der Waals surface area contributed by atoms with Gasteiger partial charge in [-0.05, 0) is 40.0 Å². The van der Waals surface area contributed by atoms with Gasteiger partial charge in [0.1, 0.15) is 5.60 Å². The molecule has 0 spiro atoms. The van der Waals surface area contributed by atoms with Crippen molar-refractivity contribution in [2.24, 2.45) is 5.92 Å². The quantitative estimate of drug-likeness (QED) is 0.742. The van der Waals surface area contributed by atoms with Crippen LogP contribution in [-0.2, 0) is 14.3 Å². The largest absolute Gasteiger partial charge is 0.460 e. The van der Waals surface area contributed by atoms with Crippen molar-refractivity contribution in [1.82, 2.24) is 5.32 Å². The molecule has 1 N–H and O–H groups in total. The molecule has 1 rings (SSSR count). The van der Waals surface area contributed by atoms with E-state index in [2.05, 4.69) is 5.32 Å². The smallest absolute Gasteiger partial charge is 0.306 e. The highest BCUT2D eigenvalue weighted by Gasteiger charge is 2.24. The molecule has 1 aliphatic carbocycles. The van der Waals surface area contributed by atoms with Gasteiger partial charge in [0.05, 0.1) is 6.42 Å². The lowest BCUT2D eigenvalue weighted by molar-refractivity contribution is -0.155. The third kappa shape index (κ3) is 7.30. The van der Waals surface area contributed by atoms with E-state index in [1.807, 2.05) is 27.7 Å². The molecule has 0 aliphatic heterocycles. The maximum absolute atomic E-state index is 11.6. The molecule has 1 fully saturated rings. The fourth-order valence-electron chi connectivity index (χ4n) is 1.87. The van der Waals surface area contributed by atoms with Gasteiger partial charge < -0.3 is 10.1 Å². The molecule has 1 saturated carbocycles. The van der Waals surface area contributed by atoms with Crippen LogP contribution in [0.5, 0.6) is 0 Å². The molecule has 0 bridgehead atoms. The number of hydrogen-bond acceptors (Lipinski definition) is 3. The van der Waals surface area contributed by atoms with Gasteiger partial charge in [0, 0.05) is 12.5 Å². The van der Waals surface area contributed by atoms with Crippen LogP contribution in [0.2, 0.25) is 0 Å². The summed E-state index contributed by atoms with van der Waals surface area (Å²) in [5.74, 6) is 0.424. The van der Waals surface area contributed by atoms with Crippen LogP contribution in [0, 0.1) is 5.92 Å². The van der Waals surface area contributed by atoms with E-state index >= 15 is 0 Å². The van der Waals surface area contributed by atoms with Gasteiger partial charge in [-0.2, -0.15) is 0 Å². The average Bonchev–Trinajstić information content (AvgIpc) is 2.95. The summed E-state index contributed by atoms with van der Waals surface area (Å²) < 4.78 is 5.15. The lowest BCUT2D eigenvalue weighted by Crippen LogP contribution is -2.33. The highest BCUT2D eigenvalue weighted by atomic mass is 16.6. The van der Waals surface area contributed by atoms with Crippen molar-refractivity contribution in [3.05, 3.63) is 0 Å². The Balaban J connectivity index is 2.13. The summed E-state index contributed by atoms with van der Waals surface area (Å²) >= 11 is 0. The standard InChI is InChI=1S/C14H25NO3/c1-10(9-11-5-6-11)15-12(16)7-8-13(17)18-14(2,3)4/h10-11H,5-9H2,1-4H3,(H,15,16). The van der Waals surface area contributed by atoms with E-state index in [1.54, 1.807) is 0 Å². The predicted molar refractivity (Wildman–Crippen MR) is 70.0 cm³/mol. The van der Waals surface area contributed by atoms with Crippen molar-refractivity contribution in [2.75, 3.05) is 0 Å². The van der Waals surface area contributed by atoms with Gasteiger partial charge in [0.25, 0.3) is 0 Å². The van der Waals surface area contributed by atoms with E-state index in [-0.39, 0.29) is 30.8 Å². The summed E-state index contributed by atoms with van der Waals surface area (Å²) in [6.45, 7) is 7.48. The number of carbonyl (C=O) groups excluding carboxylic acids is 2. The fraction of sp³-hybridized carbons (Fsp3) is 0.857. The second-order valence-electron chi connectivity index (χ2n) is 6.23. The molecule has 1 atom stereocenters. The van der Waals surface area contributed by atoms with Crippen LogP contribution in [0.3, 0.4) is 0 Å². The van der Waals surface area contributed by atoms with E-state index in [0.29, 0.717) is 0 Å². The average molecular weight is 255 g/mol.